The monoisotopic (exact) mass is 358 g/mol. The molecule has 0 aliphatic rings. The molecule has 0 saturated carbocycles. The second kappa shape index (κ2) is 6.47. The number of nitro benzene ring substituents is 1. The van der Waals surface area contributed by atoms with Gasteiger partial charge in [-0.25, -0.2) is 8.42 Å². The fourth-order valence-electron chi connectivity index (χ4n) is 1.77. The zero-order chi connectivity index (χ0) is 16.3. The molecule has 9 heteroatoms. The number of nitro groups is 1. The fraction of sp³-hybridized carbons (Fsp3) is 0.0769. The van der Waals surface area contributed by atoms with E-state index in [0.717, 1.165) is 21.7 Å². The van der Waals surface area contributed by atoms with Crippen molar-refractivity contribution < 1.29 is 13.3 Å². The summed E-state index contributed by atoms with van der Waals surface area (Å²) in [5, 5.41) is 12.6. The third-order valence-corrected chi connectivity index (χ3v) is 6.22. The summed E-state index contributed by atoms with van der Waals surface area (Å²) < 4.78 is 26.5. The maximum absolute atomic E-state index is 12.7. The number of rotatable bonds is 6. The summed E-state index contributed by atoms with van der Waals surface area (Å²) in [7, 11) is -3.86. The minimum absolute atomic E-state index is 0.0455. The molecule has 0 fully saturated rings. The Bertz CT molecular complexity index is 803. The van der Waals surface area contributed by atoms with Gasteiger partial charge in [-0.15, -0.1) is 17.9 Å². The second-order valence-corrected chi connectivity index (χ2v) is 7.59. The standard InChI is InChI=1S/C13H11ClN2O4S2/c1-2-7-15(22(19,20)13-4-3-8-21-13)12-9-10(16(17)18)5-6-11(12)14/h2-6,8-9H,1,7H2. The van der Waals surface area contributed by atoms with E-state index in [1.165, 1.54) is 24.3 Å². The molecule has 0 N–H and O–H groups in total. The first-order valence-corrected chi connectivity index (χ1v) is 8.68. The van der Waals surface area contributed by atoms with Gasteiger partial charge in [0.2, 0.25) is 0 Å². The van der Waals surface area contributed by atoms with Crippen molar-refractivity contribution in [1.82, 2.24) is 0 Å². The van der Waals surface area contributed by atoms with E-state index in [9.17, 15) is 18.5 Å². The molecule has 0 spiro atoms. The van der Waals surface area contributed by atoms with Crippen LogP contribution in [0, 0.1) is 10.1 Å². The summed E-state index contributed by atoms with van der Waals surface area (Å²) in [6, 6.07) is 6.72. The minimum Gasteiger partial charge on any atom is -0.260 e. The van der Waals surface area contributed by atoms with Crippen LogP contribution in [0.4, 0.5) is 11.4 Å². The van der Waals surface area contributed by atoms with Gasteiger partial charge in [-0.05, 0) is 17.5 Å². The predicted molar refractivity (Wildman–Crippen MR) is 87.2 cm³/mol. The van der Waals surface area contributed by atoms with Crippen LogP contribution in [0.5, 0.6) is 0 Å². The SMILES string of the molecule is C=CCN(c1cc([N+](=O)[O-])ccc1Cl)S(=O)(=O)c1cccs1. The number of benzene rings is 1. The van der Waals surface area contributed by atoms with Crippen molar-refractivity contribution in [3.63, 3.8) is 0 Å². The molecule has 6 nitrogen and oxygen atoms in total. The lowest BCUT2D eigenvalue weighted by Gasteiger charge is -2.23. The lowest BCUT2D eigenvalue weighted by atomic mass is 10.3. The van der Waals surface area contributed by atoms with Gasteiger partial charge >= 0.3 is 0 Å². The highest BCUT2D eigenvalue weighted by Crippen LogP contribution is 2.34. The summed E-state index contributed by atoms with van der Waals surface area (Å²) in [5.74, 6) is 0. The van der Waals surface area contributed by atoms with E-state index in [0.29, 0.717) is 0 Å². The zero-order valence-electron chi connectivity index (χ0n) is 11.2. The van der Waals surface area contributed by atoms with E-state index >= 15 is 0 Å². The van der Waals surface area contributed by atoms with Crippen LogP contribution < -0.4 is 4.31 Å². The molecular formula is C13H11ClN2O4S2. The van der Waals surface area contributed by atoms with Crippen molar-refractivity contribution in [2.24, 2.45) is 0 Å². The van der Waals surface area contributed by atoms with Crippen LogP contribution >= 0.6 is 22.9 Å². The molecule has 1 aromatic carbocycles. The number of anilines is 1. The smallest absolute Gasteiger partial charge is 0.260 e. The normalized spacial score (nSPS) is 11.1. The van der Waals surface area contributed by atoms with E-state index in [1.807, 2.05) is 0 Å². The number of sulfonamides is 1. The molecule has 2 aromatic rings. The molecule has 0 amide bonds. The van der Waals surface area contributed by atoms with Crippen LogP contribution in [0.25, 0.3) is 0 Å². The van der Waals surface area contributed by atoms with E-state index in [2.05, 4.69) is 6.58 Å². The first-order chi connectivity index (χ1) is 10.4. The first kappa shape index (κ1) is 16.5. The van der Waals surface area contributed by atoms with E-state index < -0.39 is 14.9 Å². The number of halogens is 1. The van der Waals surface area contributed by atoms with Gasteiger partial charge in [-0.2, -0.15) is 0 Å². The Morgan fingerprint density at radius 2 is 2.14 bits per heavy atom. The van der Waals surface area contributed by atoms with Crippen molar-refractivity contribution >= 4 is 44.3 Å². The van der Waals surface area contributed by atoms with Crippen molar-refractivity contribution in [2.75, 3.05) is 10.8 Å². The summed E-state index contributed by atoms with van der Waals surface area (Å²) in [6.45, 7) is 3.47. The molecule has 0 unspecified atom stereocenters. The van der Waals surface area contributed by atoms with E-state index in [-0.39, 0.29) is 27.2 Å². The molecule has 22 heavy (non-hydrogen) atoms. The Kier molecular flexibility index (Phi) is 4.84. The van der Waals surface area contributed by atoms with Crippen LogP contribution in [-0.4, -0.2) is 19.9 Å². The molecular weight excluding hydrogens is 348 g/mol. The summed E-state index contributed by atoms with van der Waals surface area (Å²) in [6.07, 6.45) is 1.39. The highest BCUT2D eigenvalue weighted by atomic mass is 35.5. The molecule has 0 aliphatic heterocycles. The molecule has 0 atom stereocenters. The number of thiophene rings is 1. The number of hydrogen-bond donors (Lipinski definition) is 0. The van der Waals surface area contributed by atoms with Gasteiger partial charge in [0, 0.05) is 12.1 Å². The van der Waals surface area contributed by atoms with Crippen molar-refractivity contribution in [3.05, 3.63) is 63.5 Å². The molecule has 0 bridgehead atoms. The molecule has 1 heterocycles. The lowest BCUT2D eigenvalue weighted by Crippen LogP contribution is -2.31. The van der Waals surface area contributed by atoms with Crippen LogP contribution in [0.2, 0.25) is 5.02 Å². The Labute approximate surface area is 136 Å². The highest BCUT2D eigenvalue weighted by molar-refractivity contribution is 7.94. The topological polar surface area (TPSA) is 80.5 Å². The largest absolute Gasteiger partial charge is 0.274 e. The summed E-state index contributed by atoms with van der Waals surface area (Å²) in [4.78, 5) is 10.3. The zero-order valence-corrected chi connectivity index (χ0v) is 13.6. The minimum atomic E-state index is -3.86. The Morgan fingerprint density at radius 1 is 1.41 bits per heavy atom. The van der Waals surface area contributed by atoms with Gasteiger partial charge in [0.25, 0.3) is 15.7 Å². The Hall–Kier alpha value is -1.90. The molecule has 0 radical (unpaired) electrons. The maximum Gasteiger partial charge on any atom is 0.274 e. The highest BCUT2D eigenvalue weighted by Gasteiger charge is 2.27. The first-order valence-electron chi connectivity index (χ1n) is 5.99. The summed E-state index contributed by atoms with van der Waals surface area (Å²) >= 11 is 7.09. The molecule has 116 valence electrons. The van der Waals surface area contributed by atoms with Gasteiger partial charge in [0.1, 0.15) is 4.21 Å². The lowest BCUT2D eigenvalue weighted by molar-refractivity contribution is -0.384. The fourth-order valence-corrected chi connectivity index (χ4v) is 4.59. The number of non-ortho nitro benzene ring substituents is 1. The van der Waals surface area contributed by atoms with E-state index in [1.54, 1.807) is 11.4 Å². The molecule has 0 aliphatic carbocycles. The number of nitrogens with zero attached hydrogens (tertiary/aromatic N) is 2. The van der Waals surface area contributed by atoms with Gasteiger partial charge in [-0.1, -0.05) is 23.7 Å². The van der Waals surface area contributed by atoms with Crippen molar-refractivity contribution in [1.29, 1.82) is 0 Å². The average Bonchev–Trinajstić information content (AvgIpc) is 3.00. The maximum atomic E-state index is 12.7. The Balaban J connectivity index is 2.60. The summed E-state index contributed by atoms with van der Waals surface area (Å²) in [5.41, 5.74) is -0.195. The van der Waals surface area contributed by atoms with Crippen molar-refractivity contribution in [3.8, 4) is 0 Å². The molecule has 2 rings (SSSR count). The van der Waals surface area contributed by atoms with Gasteiger partial charge in [0.15, 0.2) is 0 Å². The van der Waals surface area contributed by atoms with Crippen LogP contribution in [0.3, 0.4) is 0 Å². The predicted octanol–water partition coefficient (Wildman–Crippen LogP) is 3.69. The molecule has 1 aromatic heterocycles. The van der Waals surface area contributed by atoms with Gasteiger partial charge in [0.05, 0.1) is 22.2 Å². The van der Waals surface area contributed by atoms with E-state index in [4.69, 9.17) is 11.6 Å². The Morgan fingerprint density at radius 3 is 2.68 bits per heavy atom. The van der Waals surface area contributed by atoms with Crippen LogP contribution in [0.15, 0.2) is 52.6 Å². The molecule has 0 saturated heterocycles. The third-order valence-electron chi connectivity index (χ3n) is 2.74. The second-order valence-electron chi connectivity index (χ2n) is 4.15. The van der Waals surface area contributed by atoms with Crippen LogP contribution in [-0.2, 0) is 10.0 Å². The van der Waals surface area contributed by atoms with Gasteiger partial charge < -0.3 is 0 Å². The quantitative estimate of drug-likeness (QED) is 0.448. The average molecular weight is 359 g/mol. The van der Waals surface area contributed by atoms with Gasteiger partial charge in [-0.3, -0.25) is 14.4 Å². The van der Waals surface area contributed by atoms with Crippen molar-refractivity contribution in [2.45, 2.75) is 4.21 Å². The third kappa shape index (κ3) is 3.13. The number of hydrogen-bond acceptors (Lipinski definition) is 5. The van der Waals surface area contributed by atoms with Crippen LogP contribution in [0.1, 0.15) is 0 Å².